The number of hydrogen-bond donors (Lipinski definition) is 0. The number of rotatable bonds is 6. The van der Waals surface area contributed by atoms with Crippen molar-refractivity contribution in [2.75, 3.05) is 65.4 Å². The lowest BCUT2D eigenvalue weighted by molar-refractivity contribution is 0.0163. The molecule has 6 heteroatoms. The minimum Gasteiger partial charge on any atom is -0.379 e. The molecular formula is C22H32N4O2. The lowest BCUT2D eigenvalue weighted by atomic mass is 9.91. The highest BCUT2D eigenvalue weighted by molar-refractivity contribution is 6.06. The van der Waals surface area contributed by atoms with Crippen molar-refractivity contribution in [1.29, 1.82) is 0 Å². The number of ether oxygens (including phenoxy) is 1. The molecule has 0 saturated carbocycles. The van der Waals surface area contributed by atoms with Gasteiger partial charge in [-0.2, -0.15) is 0 Å². The van der Waals surface area contributed by atoms with Crippen LogP contribution in [0.2, 0.25) is 0 Å². The Morgan fingerprint density at radius 3 is 2.54 bits per heavy atom. The van der Waals surface area contributed by atoms with Gasteiger partial charge in [-0.3, -0.25) is 9.69 Å². The molecule has 0 bridgehead atoms. The first-order valence-electron chi connectivity index (χ1n) is 9.89. The highest BCUT2D eigenvalue weighted by Gasteiger charge is 2.27. The third kappa shape index (κ3) is 4.80. The minimum atomic E-state index is -0.00500. The van der Waals surface area contributed by atoms with Crippen LogP contribution in [0.1, 0.15) is 24.2 Å². The molecule has 0 unspecified atom stereocenters. The molecule has 0 spiro atoms. The van der Waals surface area contributed by atoms with E-state index in [0.29, 0.717) is 12.1 Å². The van der Waals surface area contributed by atoms with Gasteiger partial charge in [0.2, 0.25) is 0 Å². The summed E-state index contributed by atoms with van der Waals surface area (Å²) in [5, 5.41) is 0.899. The number of carbonyl (C=O) groups excluding carboxylic acids is 1. The molecule has 152 valence electrons. The zero-order valence-electron chi connectivity index (χ0n) is 17.7. The van der Waals surface area contributed by atoms with Crippen molar-refractivity contribution >= 4 is 22.6 Å². The zero-order valence-corrected chi connectivity index (χ0v) is 17.7. The minimum absolute atomic E-state index is 0.00500. The molecule has 0 atom stereocenters. The van der Waals surface area contributed by atoms with Gasteiger partial charge in [0.15, 0.2) is 0 Å². The van der Waals surface area contributed by atoms with Gasteiger partial charge in [-0.15, -0.1) is 0 Å². The molecule has 1 amide bonds. The molecule has 1 aromatic carbocycles. The number of fused-ring (bicyclic) bond motifs is 1. The van der Waals surface area contributed by atoms with E-state index >= 15 is 0 Å². The van der Waals surface area contributed by atoms with Crippen LogP contribution >= 0.6 is 0 Å². The number of hydrogen-bond acceptors (Lipinski definition) is 5. The van der Waals surface area contributed by atoms with Crippen LogP contribution in [-0.4, -0.2) is 81.2 Å². The monoisotopic (exact) mass is 384 g/mol. The summed E-state index contributed by atoms with van der Waals surface area (Å²) < 4.78 is 5.45. The molecule has 28 heavy (non-hydrogen) atoms. The van der Waals surface area contributed by atoms with Crippen LogP contribution in [0.15, 0.2) is 30.3 Å². The van der Waals surface area contributed by atoms with E-state index in [-0.39, 0.29) is 11.3 Å². The van der Waals surface area contributed by atoms with Crippen LogP contribution in [0.25, 0.3) is 10.9 Å². The Balaban J connectivity index is 1.80. The number of nitrogens with zero attached hydrogens (tertiary/aromatic N) is 4. The second-order valence-electron chi connectivity index (χ2n) is 8.65. The van der Waals surface area contributed by atoms with Crippen LogP contribution in [-0.2, 0) is 4.74 Å². The second kappa shape index (κ2) is 8.45. The van der Waals surface area contributed by atoms with Gasteiger partial charge in [-0.1, -0.05) is 32.0 Å². The third-order valence-electron chi connectivity index (χ3n) is 5.16. The molecule has 0 aliphatic carbocycles. The summed E-state index contributed by atoms with van der Waals surface area (Å²) in [5.41, 5.74) is 1.55. The molecule has 2 aromatic rings. The summed E-state index contributed by atoms with van der Waals surface area (Å²) >= 11 is 0. The fourth-order valence-electron chi connectivity index (χ4n) is 3.90. The van der Waals surface area contributed by atoms with Crippen LogP contribution in [0, 0.1) is 5.41 Å². The van der Waals surface area contributed by atoms with E-state index in [1.807, 2.05) is 61.3 Å². The lowest BCUT2D eigenvalue weighted by Gasteiger charge is -2.37. The van der Waals surface area contributed by atoms with Gasteiger partial charge in [0.25, 0.3) is 5.91 Å². The third-order valence-corrected chi connectivity index (χ3v) is 5.16. The fourth-order valence-corrected chi connectivity index (χ4v) is 3.90. The summed E-state index contributed by atoms with van der Waals surface area (Å²) in [5.74, 6) is 0.833. The maximum Gasteiger partial charge on any atom is 0.254 e. The molecule has 1 saturated heterocycles. The van der Waals surface area contributed by atoms with E-state index < -0.39 is 0 Å². The quantitative estimate of drug-likeness (QED) is 0.766. The molecule has 2 heterocycles. The maximum absolute atomic E-state index is 13.3. The molecule has 1 aliphatic heterocycles. The number of morpholine rings is 1. The average molecular weight is 385 g/mol. The van der Waals surface area contributed by atoms with Gasteiger partial charge < -0.3 is 14.5 Å². The number of pyridine rings is 1. The predicted molar refractivity (Wildman–Crippen MR) is 114 cm³/mol. The van der Waals surface area contributed by atoms with Gasteiger partial charge in [-0.05, 0) is 17.5 Å². The van der Waals surface area contributed by atoms with Gasteiger partial charge in [-0.25, -0.2) is 4.98 Å². The van der Waals surface area contributed by atoms with E-state index in [1.165, 1.54) is 0 Å². The Morgan fingerprint density at radius 2 is 1.86 bits per heavy atom. The standard InChI is InChI=1S/C22H32N4O2/c1-22(2,16-26-10-12-28-13-11-26)15-25(5)21(27)18-14-20(24(3)4)23-19-9-7-6-8-17(18)19/h6-9,14H,10-13,15-16H2,1-5H3. The SMILES string of the molecule is CN(CC(C)(C)CN1CCOCC1)C(=O)c1cc(N(C)C)nc2ccccc12. The molecule has 1 fully saturated rings. The van der Waals surface area contributed by atoms with Crippen molar-refractivity contribution in [1.82, 2.24) is 14.8 Å². The second-order valence-corrected chi connectivity index (χ2v) is 8.65. The first-order valence-corrected chi connectivity index (χ1v) is 9.89. The van der Waals surface area contributed by atoms with E-state index in [4.69, 9.17) is 4.74 Å². The summed E-state index contributed by atoms with van der Waals surface area (Å²) in [7, 11) is 5.79. The first kappa shape index (κ1) is 20.6. The number of benzene rings is 1. The predicted octanol–water partition coefficient (Wildman–Crippen LogP) is 2.73. The Hall–Kier alpha value is -2.18. The number of carbonyl (C=O) groups is 1. The molecular weight excluding hydrogens is 352 g/mol. The molecule has 1 aromatic heterocycles. The summed E-state index contributed by atoms with van der Waals surface area (Å²) in [4.78, 5) is 24.2. The van der Waals surface area contributed by atoms with Crippen LogP contribution < -0.4 is 4.90 Å². The molecule has 6 nitrogen and oxygen atoms in total. The van der Waals surface area contributed by atoms with Crippen molar-refractivity contribution in [2.24, 2.45) is 5.41 Å². The Morgan fingerprint density at radius 1 is 1.18 bits per heavy atom. The normalized spacial score (nSPS) is 15.6. The number of anilines is 1. The highest BCUT2D eigenvalue weighted by atomic mass is 16.5. The lowest BCUT2D eigenvalue weighted by Crippen LogP contribution is -2.46. The van der Waals surface area contributed by atoms with E-state index in [1.54, 1.807) is 0 Å². The number of amides is 1. The Bertz CT molecular complexity index is 828. The van der Waals surface area contributed by atoms with Gasteiger partial charge in [0.05, 0.1) is 24.3 Å². The van der Waals surface area contributed by atoms with Crippen LogP contribution in [0.4, 0.5) is 5.82 Å². The van der Waals surface area contributed by atoms with Gasteiger partial charge in [0.1, 0.15) is 5.82 Å². The summed E-state index contributed by atoms with van der Waals surface area (Å²) in [6.07, 6.45) is 0. The maximum atomic E-state index is 13.3. The summed E-state index contributed by atoms with van der Waals surface area (Å²) in [6, 6.07) is 9.75. The van der Waals surface area contributed by atoms with Crippen molar-refractivity contribution in [2.45, 2.75) is 13.8 Å². The van der Waals surface area contributed by atoms with E-state index in [9.17, 15) is 4.79 Å². The van der Waals surface area contributed by atoms with Crippen molar-refractivity contribution in [3.8, 4) is 0 Å². The average Bonchev–Trinajstić information content (AvgIpc) is 2.66. The van der Waals surface area contributed by atoms with Gasteiger partial charge >= 0.3 is 0 Å². The topological polar surface area (TPSA) is 48.9 Å². The molecule has 0 radical (unpaired) electrons. The Labute approximate surface area is 168 Å². The molecule has 3 rings (SSSR count). The Kier molecular flexibility index (Phi) is 6.20. The van der Waals surface area contributed by atoms with Crippen molar-refractivity contribution in [3.63, 3.8) is 0 Å². The summed E-state index contributed by atoms with van der Waals surface area (Å²) in [6.45, 7) is 9.60. The van der Waals surface area contributed by atoms with Crippen LogP contribution in [0.5, 0.6) is 0 Å². The highest BCUT2D eigenvalue weighted by Crippen LogP contribution is 2.25. The number of aromatic nitrogens is 1. The van der Waals surface area contributed by atoms with Crippen molar-refractivity contribution in [3.05, 3.63) is 35.9 Å². The van der Waals surface area contributed by atoms with Crippen molar-refractivity contribution < 1.29 is 9.53 Å². The molecule has 1 aliphatic rings. The smallest absolute Gasteiger partial charge is 0.254 e. The largest absolute Gasteiger partial charge is 0.379 e. The van der Waals surface area contributed by atoms with Gasteiger partial charge in [0, 0.05) is 52.7 Å². The number of para-hydroxylation sites is 1. The van der Waals surface area contributed by atoms with Crippen LogP contribution in [0.3, 0.4) is 0 Å². The van der Waals surface area contributed by atoms with E-state index in [0.717, 1.165) is 49.6 Å². The first-order chi connectivity index (χ1) is 13.3. The molecule has 0 N–H and O–H groups in total. The zero-order chi connectivity index (χ0) is 20.3. The van der Waals surface area contributed by atoms with E-state index in [2.05, 4.69) is 23.7 Å². The fraction of sp³-hybridized carbons (Fsp3) is 0.545.